The maximum Gasteiger partial charge on any atom is 0.164 e. The topological polar surface area (TPSA) is 39.4 Å². The molecule has 3 saturated carbocycles. The largest absolute Gasteiger partial charge is 0.493 e. The molecule has 0 N–H and O–H groups in total. The van der Waals surface area contributed by atoms with Gasteiger partial charge < -0.3 is 4.74 Å². The van der Waals surface area contributed by atoms with Gasteiger partial charge in [0, 0.05) is 17.8 Å². The van der Waals surface area contributed by atoms with Crippen LogP contribution in [-0.4, -0.2) is 21.2 Å². The van der Waals surface area contributed by atoms with E-state index in [1.807, 2.05) is 6.92 Å². The lowest BCUT2D eigenvalue weighted by Crippen LogP contribution is -2.21. The van der Waals surface area contributed by atoms with Crippen LogP contribution < -0.4 is 4.74 Å². The van der Waals surface area contributed by atoms with Gasteiger partial charge in [-0.2, -0.15) is 0 Å². The van der Waals surface area contributed by atoms with E-state index in [0.29, 0.717) is 5.92 Å². The Balaban J connectivity index is 1.34. The van der Waals surface area contributed by atoms with Gasteiger partial charge in [-0.1, -0.05) is 0 Å². The van der Waals surface area contributed by atoms with Crippen molar-refractivity contribution in [2.45, 2.75) is 64.2 Å². The highest BCUT2D eigenvalue weighted by Gasteiger charge is 2.44. The molecule has 4 nitrogen and oxygen atoms in total. The van der Waals surface area contributed by atoms with Crippen molar-refractivity contribution in [2.24, 2.45) is 11.3 Å². The van der Waals surface area contributed by atoms with Crippen LogP contribution in [0.15, 0.2) is 12.3 Å². The van der Waals surface area contributed by atoms with E-state index in [1.165, 1.54) is 56.9 Å². The molecule has 0 saturated heterocycles. The highest BCUT2D eigenvalue weighted by Crippen LogP contribution is 2.57. The molecule has 0 aliphatic heterocycles. The summed E-state index contributed by atoms with van der Waals surface area (Å²) in [6.45, 7) is 2.88. The molecule has 0 atom stereocenters. The van der Waals surface area contributed by atoms with E-state index in [0.717, 1.165) is 35.2 Å². The summed E-state index contributed by atoms with van der Waals surface area (Å²) in [6.07, 6.45) is 13.3. The first-order valence-corrected chi connectivity index (χ1v) is 9.21. The molecule has 0 radical (unpaired) electrons. The summed E-state index contributed by atoms with van der Waals surface area (Å²) in [7, 11) is 0. The molecule has 3 aliphatic carbocycles. The summed E-state index contributed by atoms with van der Waals surface area (Å²) in [5.74, 6) is 3.43. The summed E-state index contributed by atoms with van der Waals surface area (Å²) in [5.41, 5.74) is 3.03. The van der Waals surface area contributed by atoms with Crippen molar-refractivity contribution in [1.29, 1.82) is 0 Å². The number of hydrogen-bond acceptors (Lipinski definition) is 3. The Hall–Kier alpha value is -1.58. The van der Waals surface area contributed by atoms with Crippen molar-refractivity contribution in [3.05, 3.63) is 23.7 Å². The molecule has 4 heteroatoms. The normalized spacial score (nSPS) is 23.5. The number of pyridine rings is 1. The predicted molar refractivity (Wildman–Crippen MR) is 88.8 cm³/mol. The third-order valence-electron chi connectivity index (χ3n) is 6.32. The molecular weight excluding hydrogens is 286 g/mol. The van der Waals surface area contributed by atoms with E-state index in [1.54, 1.807) is 0 Å². The van der Waals surface area contributed by atoms with Gasteiger partial charge >= 0.3 is 0 Å². The lowest BCUT2D eigenvalue weighted by Gasteiger charge is -2.28. The number of hydrogen-bond donors (Lipinski definition) is 0. The number of ether oxygens (including phenoxy) is 1. The van der Waals surface area contributed by atoms with Gasteiger partial charge in [0.1, 0.15) is 11.6 Å². The lowest BCUT2D eigenvalue weighted by atomic mass is 9.80. The van der Waals surface area contributed by atoms with Crippen LogP contribution in [0.2, 0.25) is 0 Å². The van der Waals surface area contributed by atoms with Crippen molar-refractivity contribution < 1.29 is 4.74 Å². The van der Waals surface area contributed by atoms with Crippen LogP contribution in [0.1, 0.15) is 68.7 Å². The van der Waals surface area contributed by atoms with Crippen LogP contribution in [0, 0.1) is 18.3 Å². The van der Waals surface area contributed by atoms with Crippen LogP contribution in [0.3, 0.4) is 0 Å². The summed E-state index contributed by atoms with van der Waals surface area (Å²) in [5, 5.41) is 8.44. The van der Waals surface area contributed by atoms with Crippen LogP contribution in [-0.2, 0) is 0 Å². The van der Waals surface area contributed by atoms with Crippen molar-refractivity contribution in [3.63, 3.8) is 0 Å². The Morgan fingerprint density at radius 1 is 1.13 bits per heavy atom. The molecule has 5 rings (SSSR count). The fraction of sp³-hybridized carbons (Fsp3) is 0.684. The Kier molecular flexibility index (Phi) is 2.98. The van der Waals surface area contributed by atoms with E-state index in [4.69, 9.17) is 4.74 Å². The molecule has 2 aromatic rings. The highest BCUT2D eigenvalue weighted by molar-refractivity contribution is 5.50. The fourth-order valence-electron chi connectivity index (χ4n) is 4.21. The zero-order chi connectivity index (χ0) is 15.4. The number of fused-ring (bicyclic) bond motifs is 1. The molecule has 3 aliphatic rings. The minimum atomic E-state index is 0.678. The number of rotatable bonds is 4. The molecule has 1 spiro atoms. The minimum Gasteiger partial charge on any atom is -0.493 e. The summed E-state index contributed by atoms with van der Waals surface area (Å²) >= 11 is 0. The maximum absolute atomic E-state index is 6.30. The van der Waals surface area contributed by atoms with Crippen molar-refractivity contribution in [3.8, 4) is 5.75 Å². The van der Waals surface area contributed by atoms with Gasteiger partial charge in [0.25, 0.3) is 0 Å². The summed E-state index contributed by atoms with van der Waals surface area (Å²) in [4.78, 5) is 0. The van der Waals surface area contributed by atoms with Gasteiger partial charge in [0.05, 0.1) is 6.61 Å². The van der Waals surface area contributed by atoms with Gasteiger partial charge in [-0.05, 0) is 75.5 Å². The smallest absolute Gasteiger partial charge is 0.164 e. The average molecular weight is 311 g/mol. The second-order valence-electron chi connectivity index (χ2n) is 8.10. The number of nitrogens with zero attached hydrogens (tertiary/aromatic N) is 3. The third-order valence-corrected chi connectivity index (χ3v) is 6.32. The fourth-order valence-corrected chi connectivity index (χ4v) is 4.21. The molecule has 2 aromatic heterocycles. The summed E-state index contributed by atoms with van der Waals surface area (Å²) < 4.78 is 8.40. The van der Waals surface area contributed by atoms with E-state index in [9.17, 15) is 0 Å². The number of aryl methyl sites for hydroxylation is 1. The van der Waals surface area contributed by atoms with Gasteiger partial charge in [-0.15, -0.1) is 10.2 Å². The predicted octanol–water partition coefficient (Wildman–Crippen LogP) is 4.26. The van der Waals surface area contributed by atoms with E-state index in [2.05, 4.69) is 26.9 Å². The van der Waals surface area contributed by atoms with Gasteiger partial charge in [0.2, 0.25) is 0 Å². The monoisotopic (exact) mass is 311 g/mol. The Morgan fingerprint density at radius 2 is 1.91 bits per heavy atom. The van der Waals surface area contributed by atoms with Gasteiger partial charge in [-0.25, -0.2) is 0 Å². The van der Waals surface area contributed by atoms with E-state index >= 15 is 0 Å². The Morgan fingerprint density at radius 3 is 2.61 bits per heavy atom. The van der Waals surface area contributed by atoms with Gasteiger partial charge in [-0.3, -0.25) is 4.40 Å². The van der Waals surface area contributed by atoms with E-state index in [-0.39, 0.29) is 0 Å². The Bertz CT molecular complexity index is 732. The standard InChI is InChI=1S/C19H25N3O/c1-13-20-21-18-10-17(16(11-22(13)18)15-2-3-15)23-12-14-4-6-19(7-5-14)8-9-19/h10-11,14-15H,2-9,12H2,1H3. The van der Waals surface area contributed by atoms with Crippen LogP contribution in [0.4, 0.5) is 0 Å². The zero-order valence-electron chi connectivity index (χ0n) is 13.9. The van der Waals surface area contributed by atoms with Crippen molar-refractivity contribution in [2.75, 3.05) is 6.61 Å². The third kappa shape index (κ3) is 2.52. The minimum absolute atomic E-state index is 0.678. The first-order valence-electron chi connectivity index (χ1n) is 9.21. The first kappa shape index (κ1) is 13.8. The molecule has 3 fully saturated rings. The van der Waals surface area contributed by atoms with Crippen LogP contribution >= 0.6 is 0 Å². The average Bonchev–Trinajstić information content (AvgIpc) is 3.49. The number of aromatic nitrogens is 3. The molecule has 0 unspecified atom stereocenters. The van der Waals surface area contributed by atoms with Crippen molar-refractivity contribution >= 4 is 5.65 Å². The maximum atomic E-state index is 6.30. The second-order valence-corrected chi connectivity index (χ2v) is 8.10. The Labute approximate surface area is 137 Å². The molecule has 0 bridgehead atoms. The van der Waals surface area contributed by atoms with E-state index < -0.39 is 0 Å². The molecular formula is C19H25N3O. The first-order chi connectivity index (χ1) is 11.2. The van der Waals surface area contributed by atoms with Crippen LogP contribution in [0.25, 0.3) is 5.65 Å². The molecule has 2 heterocycles. The molecule has 122 valence electrons. The lowest BCUT2D eigenvalue weighted by molar-refractivity contribution is 0.174. The van der Waals surface area contributed by atoms with Gasteiger partial charge in [0.15, 0.2) is 5.65 Å². The molecule has 0 aromatic carbocycles. The second kappa shape index (κ2) is 4.96. The zero-order valence-corrected chi connectivity index (χ0v) is 13.9. The molecule has 23 heavy (non-hydrogen) atoms. The highest BCUT2D eigenvalue weighted by atomic mass is 16.5. The van der Waals surface area contributed by atoms with Crippen LogP contribution in [0.5, 0.6) is 5.75 Å². The summed E-state index contributed by atoms with van der Waals surface area (Å²) in [6, 6.07) is 2.10. The SMILES string of the molecule is Cc1nnc2cc(OCC3CCC4(CC3)CC4)c(C3CC3)cn12. The quantitative estimate of drug-likeness (QED) is 0.846. The van der Waals surface area contributed by atoms with Crippen molar-refractivity contribution in [1.82, 2.24) is 14.6 Å². The molecule has 0 amide bonds.